The van der Waals surface area contributed by atoms with Crippen LogP contribution in [0.15, 0.2) is 53.8 Å². The third-order valence-electron chi connectivity index (χ3n) is 5.42. The average molecular weight is 399 g/mol. The van der Waals surface area contributed by atoms with Crippen LogP contribution in [0.2, 0.25) is 0 Å². The lowest BCUT2D eigenvalue weighted by molar-refractivity contribution is -0.160. The number of hydrogen-bond donors (Lipinski definition) is 2. The molecule has 29 heavy (non-hydrogen) atoms. The van der Waals surface area contributed by atoms with Gasteiger partial charge in [0, 0.05) is 24.7 Å². The van der Waals surface area contributed by atoms with E-state index in [1.54, 1.807) is 37.3 Å². The SMILES string of the molecule is CC/C=C/CCC1=C(C)C(=O)C2(O1)C(=O)NC(OC)(C(=O)c1ccccc1)[C@@H]2O. The van der Waals surface area contributed by atoms with Crippen molar-refractivity contribution in [1.82, 2.24) is 5.32 Å². The third-order valence-corrected chi connectivity index (χ3v) is 5.42. The zero-order valence-corrected chi connectivity index (χ0v) is 16.7. The lowest BCUT2D eigenvalue weighted by Gasteiger charge is -2.32. The number of hydrogen-bond acceptors (Lipinski definition) is 6. The second-order valence-corrected chi connectivity index (χ2v) is 7.12. The van der Waals surface area contributed by atoms with Gasteiger partial charge >= 0.3 is 0 Å². The van der Waals surface area contributed by atoms with Crippen molar-refractivity contribution in [2.45, 2.75) is 50.5 Å². The van der Waals surface area contributed by atoms with Crippen molar-refractivity contribution in [1.29, 1.82) is 0 Å². The third kappa shape index (κ3) is 3.10. The van der Waals surface area contributed by atoms with E-state index in [0.29, 0.717) is 18.6 Å². The number of carbonyl (C=O) groups excluding carboxylic acids is 3. The number of nitrogens with one attached hydrogen (secondary N) is 1. The molecule has 0 aromatic heterocycles. The summed E-state index contributed by atoms with van der Waals surface area (Å²) in [5, 5.41) is 13.5. The fraction of sp³-hybridized carbons (Fsp3) is 0.409. The standard InChI is InChI=1S/C22H25NO6/c1-4-5-6-10-13-16-14(2)17(24)21(29-16)19(26)22(28-3,23-20(21)27)18(25)15-11-8-7-9-12-15/h5-9,11-12,19,26H,4,10,13H2,1-3H3,(H,23,27)/b6-5+/t19-,21?,22?/m1/s1. The highest BCUT2D eigenvalue weighted by atomic mass is 16.6. The number of ketones is 2. The molecule has 1 fully saturated rings. The quantitative estimate of drug-likeness (QED) is 0.413. The van der Waals surface area contributed by atoms with Gasteiger partial charge in [-0.2, -0.15) is 0 Å². The fourth-order valence-electron chi connectivity index (χ4n) is 3.77. The van der Waals surface area contributed by atoms with Crippen LogP contribution in [-0.4, -0.2) is 47.1 Å². The number of ether oxygens (including phenoxy) is 2. The Bertz CT molecular complexity index is 890. The molecule has 2 unspecified atom stereocenters. The summed E-state index contributed by atoms with van der Waals surface area (Å²) in [5.74, 6) is -1.87. The molecule has 0 saturated carbocycles. The van der Waals surface area contributed by atoms with Crippen LogP contribution in [0.5, 0.6) is 0 Å². The van der Waals surface area contributed by atoms with Crippen LogP contribution in [0.4, 0.5) is 0 Å². The Hall–Kier alpha value is -2.77. The van der Waals surface area contributed by atoms with E-state index in [-0.39, 0.29) is 11.1 Å². The van der Waals surface area contributed by atoms with Gasteiger partial charge in [0.15, 0.2) is 6.10 Å². The van der Waals surface area contributed by atoms with Gasteiger partial charge in [-0.3, -0.25) is 14.4 Å². The van der Waals surface area contributed by atoms with E-state index < -0.39 is 34.9 Å². The molecule has 2 N–H and O–H groups in total. The minimum absolute atomic E-state index is 0.228. The highest BCUT2D eigenvalue weighted by molar-refractivity contribution is 6.23. The number of carbonyl (C=O) groups is 3. The lowest BCUT2D eigenvalue weighted by atomic mass is 9.85. The first-order valence-electron chi connectivity index (χ1n) is 9.59. The summed E-state index contributed by atoms with van der Waals surface area (Å²) in [6.07, 6.45) is 4.02. The molecule has 1 aromatic carbocycles. The van der Waals surface area contributed by atoms with E-state index in [1.165, 1.54) is 7.11 Å². The second kappa shape index (κ2) is 7.93. The van der Waals surface area contributed by atoms with Crippen molar-refractivity contribution in [2.75, 3.05) is 7.11 Å². The van der Waals surface area contributed by atoms with Crippen LogP contribution in [0.1, 0.15) is 43.5 Å². The van der Waals surface area contributed by atoms with Gasteiger partial charge < -0.3 is 19.9 Å². The number of benzene rings is 1. The molecule has 7 nitrogen and oxygen atoms in total. The molecule has 2 aliphatic rings. The normalized spacial score (nSPS) is 29.0. The van der Waals surface area contributed by atoms with Crippen molar-refractivity contribution in [3.8, 4) is 0 Å². The Morgan fingerprint density at radius 3 is 2.59 bits per heavy atom. The minimum atomic E-state index is -2.23. The molecule has 1 spiro atoms. The highest BCUT2D eigenvalue weighted by Crippen LogP contribution is 2.44. The monoisotopic (exact) mass is 399 g/mol. The first-order valence-corrected chi connectivity index (χ1v) is 9.59. The van der Waals surface area contributed by atoms with Crippen LogP contribution < -0.4 is 5.32 Å². The molecular formula is C22H25NO6. The van der Waals surface area contributed by atoms with E-state index in [4.69, 9.17) is 9.47 Å². The number of amides is 1. The van der Waals surface area contributed by atoms with Gasteiger partial charge in [0.25, 0.3) is 11.5 Å². The number of Topliss-reactive ketones (excluding diaryl/α,β-unsaturated/α-hetero) is 2. The Kier molecular flexibility index (Phi) is 5.73. The van der Waals surface area contributed by atoms with Gasteiger partial charge in [-0.15, -0.1) is 0 Å². The van der Waals surface area contributed by atoms with Gasteiger partial charge in [0.2, 0.25) is 17.3 Å². The summed E-state index contributed by atoms with van der Waals surface area (Å²) < 4.78 is 11.1. The van der Waals surface area contributed by atoms with Crippen LogP contribution >= 0.6 is 0 Å². The highest BCUT2D eigenvalue weighted by Gasteiger charge is 2.73. The Morgan fingerprint density at radius 2 is 1.97 bits per heavy atom. The maximum Gasteiger partial charge on any atom is 0.278 e. The van der Waals surface area contributed by atoms with Crippen molar-refractivity contribution in [3.63, 3.8) is 0 Å². The smallest absolute Gasteiger partial charge is 0.278 e. The first-order chi connectivity index (χ1) is 13.8. The molecule has 0 radical (unpaired) electrons. The van der Waals surface area contributed by atoms with Crippen molar-refractivity contribution in [3.05, 3.63) is 59.4 Å². The summed E-state index contributed by atoms with van der Waals surface area (Å²) in [6, 6.07) is 8.12. The molecule has 1 saturated heterocycles. The van der Waals surface area contributed by atoms with Gasteiger partial charge in [-0.25, -0.2) is 0 Å². The predicted octanol–water partition coefficient (Wildman–Crippen LogP) is 2.06. The first kappa shape index (κ1) is 21.0. The topological polar surface area (TPSA) is 102 Å². The van der Waals surface area contributed by atoms with Gasteiger partial charge in [0.05, 0.1) is 0 Å². The fourth-order valence-corrected chi connectivity index (χ4v) is 3.77. The molecule has 1 aromatic rings. The molecule has 7 heteroatoms. The van der Waals surface area contributed by atoms with Gasteiger partial charge in [-0.1, -0.05) is 49.4 Å². The number of aliphatic hydroxyl groups is 1. The summed E-state index contributed by atoms with van der Waals surface area (Å²) >= 11 is 0. The molecular weight excluding hydrogens is 374 g/mol. The zero-order valence-electron chi connectivity index (χ0n) is 16.7. The number of rotatable bonds is 7. The van der Waals surface area contributed by atoms with Crippen molar-refractivity contribution < 1.29 is 29.0 Å². The largest absolute Gasteiger partial charge is 0.470 e. The molecule has 0 bridgehead atoms. The summed E-state index contributed by atoms with van der Waals surface area (Å²) in [7, 11) is 1.19. The zero-order chi connectivity index (χ0) is 21.2. The second-order valence-electron chi connectivity index (χ2n) is 7.12. The molecule has 0 aliphatic carbocycles. The van der Waals surface area contributed by atoms with Crippen molar-refractivity contribution in [2.24, 2.45) is 0 Å². The van der Waals surface area contributed by atoms with E-state index >= 15 is 0 Å². The van der Waals surface area contributed by atoms with Crippen LogP contribution in [0.25, 0.3) is 0 Å². The number of allylic oxidation sites excluding steroid dienone is 3. The van der Waals surface area contributed by atoms with Crippen LogP contribution in [0, 0.1) is 0 Å². The summed E-state index contributed by atoms with van der Waals surface area (Å²) in [6.45, 7) is 3.57. The minimum Gasteiger partial charge on any atom is -0.470 e. The molecule has 2 heterocycles. The molecule has 3 atom stereocenters. The van der Waals surface area contributed by atoms with Crippen LogP contribution in [-0.2, 0) is 19.1 Å². The summed E-state index contributed by atoms with van der Waals surface area (Å²) in [5.41, 5.74) is -3.85. The van der Waals surface area contributed by atoms with Crippen molar-refractivity contribution >= 4 is 17.5 Å². The van der Waals surface area contributed by atoms with E-state index in [2.05, 4.69) is 5.32 Å². The maximum atomic E-state index is 13.1. The summed E-state index contributed by atoms with van der Waals surface area (Å²) in [4.78, 5) is 39.1. The molecule has 2 aliphatic heterocycles. The Balaban J connectivity index is 1.94. The van der Waals surface area contributed by atoms with E-state index in [1.807, 2.05) is 19.1 Å². The van der Waals surface area contributed by atoms with Gasteiger partial charge in [0.1, 0.15) is 5.76 Å². The maximum absolute atomic E-state index is 13.1. The molecule has 3 rings (SSSR count). The number of aliphatic hydroxyl groups excluding tert-OH is 1. The van der Waals surface area contributed by atoms with Gasteiger partial charge in [-0.05, 0) is 19.8 Å². The lowest BCUT2D eigenvalue weighted by Crippen LogP contribution is -2.60. The molecule has 154 valence electrons. The molecule has 1 amide bonds. The Labute approximate surface area is 169 Å². The number of methoxy groups -OCH3 is 1. The van der Waals surface area contributed by atoms with E-state index in [0.717, 1.165) is 6.42 Å². The van der Waals surface area contributed by atoms with Crippen LogP contribution in [0.3, 0.4) is 0 Å². The Morgan fingerprint density at radius 1 is 1.28 bits per heavy atom. The van der Waals surface area contributed by atoms with E-state index in [9.17, 15) is 19.5 Å². The average Bonchev–Trinajstić information content (AvgIpc) is 3.13. The predicted molar refractivity (Wildman–Crippen MR) is 105 cm³/mol.